The first-order valence-electron chi connectivity index (χ1n) is 4.65. The molecule has 1 spiro atoms. The molecule has 14 heavy (non-hydrogen) atoms. The Bertz CT molecular complexity index is 300. The number of piperazine rings is 1. The summed E-state index contributed by atoms with van der Waals surface area (Å²) < 4.78 is 5.32. The normalized spacial score (nSPS) is 36.1. The standard InChI is InChI=1S/C9H14N2O3/c1-8(2)4-14-5-9(8)7(13)11-6(12)3-10-9/h10H,3-5H2,1-2H3,(H,11,12,13). The second kappa shape index (κ2) is 2.77. The van der Waals surface area contributed by atoms with Crippen molar-refractivity contribution in [2.75, 3.05) is 19.8 Å². The molecule has 2 N–H and O–H groups in total. The highest BCUT2D eigenvalue weighted by Gasteiger charge is 2.57. The number of imide groups is 1. The summed E-state index contributed by atoms with van der Waals surface area (Å²) in [6.07, 6.45) is 0. The molecule has 2 aliphatic heterocycles. The molecular weight excluding hydrogens is 184 g/mol. The Hall–Kier alpha value is -0.940. The Morgan fingerprint density at radius 3 is 2.50 bits per heavy atom. The van der Waals surface area contributed by atoms with Gasteiger partial charge in [0.05, 0.1) is 19.8 Å². The van der Waals surface area contributed by atoms with E-state index in [2.05, 4.69) is 10.6 Å². The number of amides is 2. The zero-order chi connectivity index (χ0) is 10.4. The largest absolute Gasteiger partial charge is 0.378 e. The van der Waals surface area contributed by atoms with Crippen LogP contribution >= 0.6 is 0 Å². The lowest BCUT2D eigenvalue weighted by Gasteiger charge is -2.40. The van der Waals surface area contributed by atoms with Gasteiger partial charge in [-0.1, -0.05) is 13.8 Å². The molecule has 5 heteroatoms. The molecule has 78 valence electrons. The van der Waals surface area contributed by atoms with Crippen molar-refractivity contribution in [3.63, 3.8) is 0 Å². The minimum absolute atomic E-state index is 0.179. The minimum Gasteiger partial charge on any atom is -0.378 e. The van der Waals surface area contributed by atoms with Gasteiger partial charge in [0.25, 0.3) is 0 Å². The van der Waals surface area contributed by atoms with Crippen LogP contribution in [0, 0.1) is 5.41 Å². The van der Waals surface area contributed by atoms with E-state index in [4.69, 9.17) is 4.74 Å². The summed E-state index contributed by atoms with van der Waals surface area (Å²) in [7, 11) is 0. The molecule has 0 aliphatic carbocycles. The summed E-state index contributed by atoms with van der Waals surface area (Å²) in [6.45, 7) is 4.96. The molecule has 1 atom stereocenters. The highest BCUT2D eigenvalue weighted by molar-refractivity contribution is 6.04. The first kappa shape index (κ1) is 9.61. The van der Waals surface area contributed by atoms with E-state index in [0.717, 1.165) is 0 Å². The van der Waals surface area contributed by atoms with Crippen LogP contribution in [0.5, 0.6) is 0 Å². The van der Waals surface area contributed by atoms with Gasteiger partial charge in [-0.05, 0) is 0 Å². The molecule has 2 amide bonds. The molecule has 1 unspecified atom stereocenters. The van der Waals surface area contributed by atoms with E-state index in [0.29, 0.717) is 13.2 Å². The van der Waals surface area contributed by atoms with Crippen molar-refractivity contribution >= 4 is 11.8 Å². The number of hydrogen-bond donors (Lipinski definition) is 2. The van der Waals surface area contributed by atoms with E-state index in [1.807, 2.05) is 13.8 Å². The fourth-order valence-electron chi connectivity index (χ4n) is 2.03. The quantitative estimate of drug-likeness (QED) is 0.491. The first-order valence-corrected chi connectivity index (χ1v) is 4.65. The summed E-state index contributed by atoms with van der Waals surface area (Å²) >= 11 is 0. The lowest BCUT2D eigenvalue weighted by atomic mass is 9.73. The Morgan fingerprint density at radius 1 is 1.29 bits per heavy atom. The summed E-state index contributed by atoms with van der Waals surface area (Å²) in [6, 6.07) is 0. The van der Waals surface area contributed by atoms with E-state index in [1.165, 1.54) is 0 Å². The molecule has 5 nitrogen and oxygen atoms in total. The zero-order valence-electron chi connectivity index (χ0n) is 8.35. The molecule has 0 saturated carbocycles. The van der Waals surface area contributed by atoms with Gasteiger partial charge in [-0.2, -0.15) is 0 Å². The monoisotopic (exact) mass is 198 g/mol. The highest BCUT2D eigenvalue weighted by Crippen LogP contribution is 2.38. The topological polar surface area (TPSA) is 67.4 Å². The van der Waals surface area contributed by atoms with E-state index in [9.17, 15) is 9.59 Å². The summed E-state index contributed by atoms with van der Waals surface area (Å²) in [4.78, 5) is 22.8. The third-order valence-electron chi connectivity index (χ3n) is 3.13. The van der Waals surface area contributed by atoms with Crippen LogP contribution in [0.1, 0.15) is 13.8 Å². The third-order valence-corrected chi connectivity index (χ3v) is 3.13. The van der Waals surface area contributed by atoms with Crippen molar-refractivity contribution in [2.24, 2.45) is 5.41 Å². The summed E-state index contributed by atoms with van der Waals surface area (Å²) in [5.41, 5.74) is -1.02. The highest BCUT2D eigenvalue weighted by atomic mass is 16.5. The molecule has 0 aromatic rings. The van der Waals surface area contributed by atoms with Crippen LogP contribution in [0.15, 0.2) is 0 Å². The van der Waals surface area contributed by atoms with Crippen LogP contribution in [0.25, 0.3) is 0 Å². The van der Waals surface area contributed by atoms with Crippen molar-refractivity contribution < 1.29 is 14.3 Å². The van der Waals surface area contributed by atoms with Gasteiger partial charge >= 0.3 is 0 Å². The Morgan fingerprint density at radius 2 is 2.00 bits per heavy atom. The number of carbonyl (C=O) groups is 2. The number of ether oxygens (including phenoxy) is 1. The molecule has 0 aromatic heterocycles. The van der Waals surface area contributed by atoms with Gasteiger partial charge in [0.1, 0.15) is 5.54 Å². The summed E-state index contributed by atoms with van der Waals surface area (Å²) in [5.74, 6) is -0.542. The predicted octanol–water partition coefficient (Wildman–Crippen LogP) is -0.972. The molecule has 0 aromatic carbocycles. The third kappa shape index (κ3) is 1.09. The number of carbonyl (C=O) groups excluding carboxylic acids is 2. The molecule has 0 bridgehead atoms. The molecule has 2 aliphatic rings. The lowest BCUT2D eigenvalue weighted by Crippen LogP contribution is -2.71. The van der Waals surface area contributed by atoms with Crippen LogP contribution in [0.3, 0.4) is 0 Å². The lowest BCUT2D eigenvalue weighted by molar-refractivity contribution is -0.140. The molecule has 0 radical (unpaired) electrons. The van der Waals surface area contributed by atoms with Crippen LogP contribution < -0.4 is 10.6 Å². The number of rotatable bonds is 0. The predicted molar refractivity (Wildman–Crippen MR) is 48.5 cm³/mol. The SMILES string of the molecule is CC1(C)COCC12NCC(=O)NC2=O. The van der Waals surface area contributed by atoms with Crippen LogP contribution in [-0.4, -0.2) is 37.1 Å². The van der Waals surface area contributed by atoms with Gasteiger partial charge < -0.3 is 4.74 Å². The summed E-state index contributed by atoms with van der Waals surface area (Å²) in [5, 5.41) is 5.34. The van der Waals surface area contributed by atoms with Gasteiger partial charge in [0, 0.05) is 5.41 Å². The van der Waals surface area contributed by atoms with Gasteiger partial charge in [-0.25, -0.2) is 0 Å². The fourth-order valence-corrected chi connectivity index (χ4v) is 2.03. The molecule has 2 heterocycles. The van der Waals surface area contributed by atoms with Gasteiger partial charge in [-0.15, -0.1) is 0 Å². The maximum absolute atomic E-state index is 11.8. The number of nitrogens with one attached hydrogen (secondary N) is 2. The minimum atomic E-state index is -0.735. The van der Waals surface area contributed by atoms with Crippen molar-refractivity contribution in [3.8, 4) is 0 Å². The second-order valence-electron chi connectivity index (χ2n) is 4.51. The maximum Gasteiger partial charge on any atom is 0.249 e. The van der Waals surface area contributed by atoms with Crippen molar-refractivity contribution in [3.05, 3.63) is 0 Å². The van der Waals surface area contributed by atoms with Gasteiger partial charge in [0.15, 0.2) is 0 Å². The van der Waals surface area contributed by atoms with Crippen molar-refractivity contribution in [2.45, 2.75) is 19.4 Å². The molecule has 2 saturated heterocycles. The van der Waals surface area contributed by atoms with Crippen molar-refractivity contribution in [1.82, 2.24) is 10.6 Å². The molecular formula is C9H14N2O3. The smallest absolute Gasteiger partial charge is 0.249 e. The van der Waals surface area contributed by atoms with E-state index >= 15 is 0 Å². The number of hydrogen-bond acceptors (Lipinski definition) is 4. The van der Waals surface area contributed by atoms with Crippen LogP contribution in [0.2, 0.25) is 0 Å². The molecule has 2 rings (SSSR count). The Labute approximate surface area is 82.2 Å². The van der Waals surface area contributed by atoms with Gasteiger partial charge in [-0.3, -0.25) is 20.2 Å². The fraction of sp³-hybridized carbons (Fsp3) is 0.778. The maximum atomic E-state index is 11.8. The van der Waals surface area contributed by atoms with E-state index < -0.39 is 5.54 Å². The first-order chi connectivity index (χ1) is 6.48. The Balaban J connectivity index is 2.31. The average Bonchev–Trinajstić information content (AvgIpc) is 2.36. The van der Waals surface area contributed by atoms with E-state index in [1.54, 1.807) is 0 Å². The zero-order valence-corrected chi connectivity index (χ0v) is 8.35. The Kier molecular flexibility index (Phi) is 1.90. The van der Waals surface area contributed by atoms with Crippen molar-refractivity contribution in [1.29, 1.82) is 0 Å². The van der Waals surface area contributed by atoms with Crippen LogP contribution in [-0.2, 0) is 14.3 Å². The van der Waals surface area contributed by atoms with E-state index in [-0.39, 0.29) is 23.8 Å². The molecule has 2 fully saturated rings. The van der Waals surface area contributed by atoms with Gasteiger partial charge in [0.2, 0.25) is 11.8 Å². The average molecular weight is 198 g/mol. The van der Waals surface area contributed by atoms with Crippen LogP contribution in [0.4, 0.5) is 0 Å². The second-order valence-corrected chi connectivity index (χ2v) is 4.51.